The summed E-state index contributed by atoms with van der Waals surface area (Å²) in [6, 6.07) is 4.35. The maximum absolute atomic E-state index is 13.9. The molecule has 4 heteroatoms. The lowest BCUT2D eigenvalue weighted by Crippen LogP contribution is -2.38. The molecule has 2 aromatic rings. The van der Waals surface area contributed by atoms with Crippen LogP contribution in [0.1, 0.15) is 120 Å². The van der Waals surface area contributed by atoms with Crippen LogP contribution in [0.4, 0.5) is 0 Å². The van der Waals surface area contributed by atoms with Crippen molar-refractivity contribution in [1.29, 1.82) is 0 Å². The van der Waals surface area contributed by atoms with E-state index in [9.17, 15) is 4.79 Å². The fourth-order valence-corrected chi connectivity index (χ4v) is 7.74. The van der Waals surface area contributed by atoms with Gasteiger partial charge < -0.3 is 0 Å². The molecule has 3 rings (SSSR count). The summed E-state index contributed by atoms with van der Waals surface area (Å²) in [5.74, 6) is 0.396. The van der Waals surface area contributed by atoms with Crippen molar-refractivity contribution in [1.82, 2.24) is 0 Å². The Morgan fingerprint density at radius 3 is 2.00 bits per heavy atom. The Morgan fingerprint density at radius 2 is 1.40 bits per heavy atom. The first-order chi connectivity index (χ1) is 14.6. The van der Waals surface area contributed by atoms with Crippen LogP contribution in [0.2, 0.25) is 0 Å². The predicted molar refractivity (Wildman–Crippen MR) is 137 cm³/mol. The van der Waals surface area contributed by atoms with Crippen molar-refractivity contribution in [3.05, 3.63) is 32.4 Å². The van der Waals surface area contributed by atoms with E-state index in [2.05, 4.69) is 47.3 Å². The summed E-state index contributed by atoms with van der Waals surface area (Å²) < 4.78 is 1.08. The van der Waals surface area contributed by atoms with Crippen LogP contribution in [0.25, 0.3) is 9.75 Å². The van der Waals surface area contributed by atoms with Gasteiger partial charge in [-0.15, -0.1) is 22.7 Å². The number of ketones is 1. The van der Waals surface area contributed by atoms with Crippen molar-refractivity contribution in [2.75, 3.05) is 0 Å². The van der Waals surface area contributed by atoms with Crippen molar-refractivity contribution in [2.45, 2.75) is 109 Å². The minimum atomic E-state index is -0.293. The number of carbonyl (C=O) groups is 1. The monoisotopic (exact) mass is 508 g/mol. The lowest BCUT2D eigenvalue weighted by Gasteiger charge is -2.36. The quantitative estimate of drug-likeness (QED) is 0.232. The number of rotatable bonds is 14. The fraction of sp³-hybridized carbons (Fsp3) is 0.654. The van der Waals surface area contributed by atoms with E-state index >= 15 is 0 Å². The summed E-state index contributed by atoms with van der Waals surface area (Å²) in [5.41, 5.74) is 2.01. The first kappa shape index (κ1) is 24.2. The average Bonchev–Trinajstić information content (AvgIpc) is 3.37. The van der Waals surface area contributed by atoms with Crippen LogP contribution >= 0.6 is 38.6 Å². The van der Waals surface area contributed by atoms with Crippen molar-refractivity contribution < 1.29 is 4.79 Å². The zero-order chi connectivity index (χ0) is 21.4. The molecule has 0 aliphatic heterocycles. The summed E-state index contributed by atoms with van der Waals surface area (Å²) in [5, 5.41) is 2.21. The molecule has 2 heterocycles. The third-order valence-corrected chi connectivity index (χ3v) is 9.40. The molecule has 0 N–H and O–H groups in total. The minimum Gasteiger partial charge on any atom is -0.293 e. The van der Waals surface area contributed by atoms with E-state index in [1.54, 1.807) is 11.3 Å². The van der Waals surface area contributed by atoms with E-state index in [-0.39, 0.29) is 5.41 Å². The van der Waals surface area contributed by atoms with Crippen LogP contribution in [-0.2, 0) is 5.41 Å². The van der Waals surface area contributed by atoms with Gasteiger partial charge in [0.15, 0.2) is 5.78 Å². The lowest BCUT2D eigenvalue weighted by molar-refractivity contribution is 0.0855. The van der Waals surface area contributed by atoms with Gasteiger partial charge in [-0.3, -0.25) is 4.79 Å². The molecule has 30 heavy (non-hydrogen) atoms. The number of hydrogen-bond acceptors (Lipinski definition) is 3. The van der Waals surface area contributed by atoms with E-state index < -0.39 is 0 Å². The van der Waals surface area contributed by atoms with E-state index in [1.165, 1.54) is 92.4 Å². The Balaban J connectivity index is 1.77. The number of Topliss-reactive ketones (excluding diaryl/α,β-unsaturated/α-hetero) is 1. The van der Waals surface area contributed by atoms with Crippen LogP contribution in [-0.4, -0.2) is 5.78 Å². The molecule has 0 radical (unpaired) electrons. The maximum Gasteiger partial charge on any atom is 0.174 e. The molecular weight excluding hydrogens is 472 g/mol. The number of halogens is 1. The molecule has 0 saturated carbocycles. The van der Waals surface area contributed by atoms with Gasteiger partial charge in [0.1, 0.15) is 0 Å². The number of thiophene rings is 2. The van der Waals surface area contributed by atoms with Crippen molar-refractivity contribution in [3.63, 3.8) is 0 Å². The summed E-state index contributed by atoms with van der Waals surface area (Å²) >= 11 is 7.19. The van der Waals surface area contributed by atoms with Crippen molar-refractivity contribution in [3.8, 4) is 9.75 Å². The largest absolute Gasteiger partial charge is 0.293 e. The SMILES string of the molecule is CCCCCCCCC1(CCCCCCCC)C(=O)c2cc(Br)sc2-c2sccc21. The number of fused-ring (bicyclic) bond motifs is 3. The highest BCUT2D eigenvalue weighted by Gasteiger charge is 2.46. The Labute approximate surface area is 199 Å². The zero-order valence-corrected chi connectivity index (χ0v) is 22.0. The van der Waals surface area contributed by atoms with Gasteiger partial charge in [0.05, 0.1) is 14.1 Å². The van der Waals surface area contributed by atoms with Gasteiger partial charge in [0.25, 0.3) is 0 Å². The Kier molecular flexibility index (Phi) is 9.65. The topological polar surface area (TPSA) is 17.1 Å². The molecule has 0 bridgehead atoms. The van der Waals surface area contributed by atoms with Crippen LogP contribution < -0.4 is 0 Å². The number of unbranched alkanes of at least 4 members (excludes halogenated alkanes) is 10. The highest BCUT2D eigenvalue weighted by atomic mass is 79.9. The molecule has 0 aromatic carbocycles. The molecule has 1 aliphatic rings. The Morgan fingerprint density at radius 1 is 0.833 bits per heavy atom. The summed E-state index contributed by atoms with van der Waals surface area (Å²) in [4.78, 5) is 16.5. The molecule has 0 spiro atoms. The minimum absolute atomic E-state index is 0.293. The molecule has 0 saturated heterocycles. The van der Waals surface area contributed by atoms with Gasteiger partial charge in [-0.25, -0.2) is 0 Å². The third-order valence-electron chi connectivity index (χ3n) is 6.68. The molecule has 166 valence electrons. The van der Waals surface area contributed by atoms with E-state index in [0.29, 0.717) is 5.78 Å². The smallest absolute Gasteiger partial charge is 0.174 e. The highest BCUT2D eigenvalue weighted by Crippen LogP contribution is 2.53. The van der Waals surface area contributed by atoms with Crippen LogP contribution in [0.5, 0.6) is 0 Å². The molecule has 0 amide bonds. The third kappa shape index (κ3) is 5.48. The Hall–Kier alpha value is -0.450. The van der Waals surface area contributed by atoms with Crippen LogP contribution in [0.15, 0.2) is 21.3 Å². The van der Waals surface area contributed by atoms with Gasteiger partial charge in [-0.05, 0) is 51.8 Å². The fourth-order valence-electron chi connectivity index (χ4n) is 4.98. The Bertz CT molecular complexity index is 788. The van der Waals surface area contributed by atoms with Gasteiger partial charge in [-0.1, -0.05) is 90.9 Å². The zero-order valence-electron chi connectivity index (χ0n) is 18.7. The molecular formula is C26H37BrOS2. The molecule has 1 aliphatic carbocycles. The summed E-state index contributed by atoms with van der Waals surface area (Å²) in [6.45, 7) is 4.54. The van der Waals surface area contributed by atoms with Gasteiger partial charge in [0.2, 0.25) is 0 Å². The van der Waals surface area contributed by atoms with Crippen LogP contribution in [0, 0.1) is 0 Å². The molecule has 2 aromatic heterocycles. The highest BCUT2D eigenvalue weighted by molar-refractivity contribution is 9.11. The second kappa shape index (κ2) is 12.0. The number of hydrogen-bond donors (Lipinski definition) is 0. The molecule has 0 fully saturated rings. The van der Waals surface area contributed by atoms with Gasteiger partial charge in [-0.2, -0.15) is 0 Å². The standard InChI is InChI=1S/C26H37BrOS2/c1-3-5-7-9-11-13-16-26(17-14-12-10-8-6-4-2)21-15-18-29-24(21)23-20(25(26)28)19-22(27)30-23/h15,18-19H,3-14,16-17H2,1-2H3. The van der Waals surface area contributed by atoms with Gasteiger partial charge in [0, 0.05) is 10.4 Å². The van der Waals surface area contributed by atoms with Gasteiger partial charge >= 0.3 is 0 Å². The average molecular weight is 510 g/mol. The van der Waals surface area contributed by atoms with E-state index in [1.807, 2.05) is 11.3 Å². The second-order valence-corrected chi connectivity index (χ2v) is 12.3. The second-order valence-electron chi connectivity index (χ2n) is 8.90. The van der Waals surface area contributed by atoms with Crippen LogP contribution in [0.3, 0.4) is 0 Å². The van der Waals surface area contributed by atoms with Crippen molar-refractivity contribution in [2.24, 2.45) is 0 Å². The molecule has 1 nitrogen and oxygen atoms in total. The summed E-state index contributed by atoms with van der Waals surface area (Å²) in [7, 11) is 0. The summed E-state index contributed by atoms with van der Waals surface area (Å²) in [6.07, 6.45) is 17.4. The first-order valence-corrected chi connectivity index (χ1v) is 14.6. The molecule has 0 atom stereocenters. The predicted octanol–water partition coefficient (Wildman–Crippen LogP) is 10.2. The molecule has 0 unspecified atom stereocenters. The van der Waals surface area contributed by atoms with E-state index in [0.717, 1.165) is 22.2 Å². The van der Waals surface area contributed by atoms with Crippen molar-refractivity contribution >= 4 is 44.4 Å². The lowest BCUT2D eigenvalue weighted by atomic mass is 9.65. The number of carbonyl (C=O) groups excluding carboxylic acids is 1. The first-order valence-electron chi connectivity index (χ1n) is 12.1. The van der Waals surface area contributed by atoms with E-state index in [4.69, 9.17) is 0 Å². The maximum atomic E-state index is 13.9. The normalized spacial score (nSPS) is 14.7.